The summed E-state index contributed by atoms with van der Waals surface area (Å²) in [7, 11) is 0. The molecule has 3 heteroatoms. The molecule has 0 saturated heterocycles. The average molecular weight is 399 g/mol. The number of aryl methyl sites for hydroxylation is 2. The molecule has 152 valence electrons. The Morgan fingerprint density at radius 3 is 2.50 bits per heavy atom. The molecule has 1 fully saturated rings. The standard InChI is InChI=1S/C27H26O3/c1-15-6-4-7-16(2)24(15)21-9-5-8-18(17(21)3)14-30-20-10-11-22-19(12-20)13-23-25(22)26(23)27(28)29/h4-12,23,25-26H,13-14H2,1-3H3,(H,28,29). The molecule has 0 spiro atoms. The van der Waals surface area contributed by atoms with Crippen molar-refractivity contribution < 1.29 is 14.6 Å². The highest BCUT2D eigenvalue weighted by Gasteiger charge is 2.59. The number of hydrogen-bond donors (Lipinski definition) is 1. The summed E-state index contributed by atoms with van der Waals surface area (Å²) in [5, 5.41) is 9.29. The van der Waals surface area contributed by atoms with Crippen molar-refractivity contribution in [2.75, 3.05) is 0 Å². The number of rotatable bonds is 5. The number of carbonyl (C=O) groups is 1. The number of ether oxygens (including phenoxy) is 1. The molecule has 2 aliphatic carbocycles. The van der Waals surface area contributed by atoms with Gasteiger partial charge in [-0.3, -0.25) is 4.79 Å². The molecule has 3 nitrogen and oxygen atoms in total. The second-order valence-corrected chi connectivity index (χ2v) is 8.76. The topological polar surface area (TPSA) is 46.5 Å². The third kappa shape index (κ3) is 3.00. The molecule has 0 heterocycles. The van der Waals surface area contributed by atoms with Gasteiger partial charge >= 0.3 is 5.97 Å². The van der Waals surface area contributed by atoms with Crippen LogP contribution in [0.25, 0.3) is 11.1 Å². The molecule has 30 heavy (non-hydrogen) atoms. The zero-order chi connectivity index (χ0) is 21.0. The number of benzene rings is 3. The van der Waals surface area contributed by atoms with Crippen LogP contribution in [0.3, 0.4) is 0 Å². The van der Waals surface area contributed by atoms with Gasteiger partial charge in [0.15, 0.2) is 0 Å². The van der Waals surface area contributed by atoms with Gasteiger partial charge < -0.3 is 9.84 Å². The van der Waals surface area contributed by atoms with E-state index in [0.717, 1.165) is 12.2 Å². The van der Waals surface area contributed by atoms with E-state index in [9.17, 15) is 9.90 Å². The Kier molecular flexibility index (Phi) is 4.43. The summed E-state index contributed by atoms with van der Waals surface area (Å²) >= 11 is 0. The van der Waals surface area contributed by atoms with E-state index in [1.165, 1.54) is 44.5 Å². The Morgan fingerprint density at radius 1 is 1.03 bits per heavy atom. The number of carboxylic acids is 1. The summed E-state index contributed by atoms with van der Waals surface area (Å²) in [5.74, 6) is 0.514. The average Bonchev–Trinajstić information content (AvgIpc) is 3.31. The molecule has 0 amide bonds. The minimum Gasteiger partial charge on any atom is -0.489 e. The molecule has 3 aromatic rings. The highest BCUT2D eigenvalue weighted by molar-refractivity contribution is 5.78. The van der Waals surface area contributed by atoms with E-state index in [2.05, 4.69) is 69.3 Å². The maximum absolute atomic E-state index is 11.3. The van der Waals surface area contributed by atoms with Crippen LogP contribution in [0.15, 0.2) is 54.6 Å². The van der Waals surface area contributed by atoms with Gasteiger partial charge in [-0.05, 0) is 89.8 Å². The molecule has 3 atom stereocenters. The molecule has 5 rings (SSSR count). The largest absolute Gasteiger partial charge is 0.489 e. The van der Waals surface area contributed by atoms with Crippen LogP contribution in [0.1, 0.15) is 39.3 Å². The van der Waals surface area contributed by atoms with Crippen molar-refractivity contribution in [3.8, 4) is 16.9 Å². The molecule has 3 unspecified atom stereocenters. The molecule has 3 aromatic carbocycles. The van der Waals surface area contributed by atoms with E-state index in [1.54, 1.807) is 0 Å². The fraction of sp³-hybridized carbons (Fsp3) is 0.296. The van der Waals surface area contributed by atoms with Crippen molar-refractivity contribution in [2.45, 2.75) is 39.7 Å². The minimum absolute atomic E-state index is 0.181. The van der Waals surface area contributed by atoms with E-state index in [0.29, 0.717) is 6.61 Å². The van der Waals surface area contributed by atoms with Gasteiger partial charge in [0.05, 0.1) is 5.92 Å². The highest BCUT2D eigenvalue weighted by Crippen LogP contribution is 2.61. The van der Waals surface area contributed by atoms with E-state index < -0.39 is 5.97 Å². The summed E-state index contributed by atoms with van der Waals surface area (Å²) < 4.78 is 6.16. The van der Waals surface area contributed by atoms with Crippen LogP contribution in [0, 0.1) is 32.6 Å². The van der Waals surface area contributed by atoms with E-state index in [4.69, 9.17) is 4.74 Å². The van der Waals surface area contributed by atoms with Crippen molar-refractivity contribution in [1.29, 1.82) is 0 Å². The first-order valence-electron chi connectivity index (χ1n) is 10.6. The second-order valence-electron chi connectivity index (χ2n) is 8.76. The quantitative estimate of drug-likeness (QED) is 0.588. The zero-order valence-electron chi connectivity index (χ0n) is 17.6. The minimum atomic E-state index is -0.657. The predicted molar refractivity (Wildman–Crippen MR) is 118 cm³/mol. The molecule has 0 radical (unpaired) electrons. The van der Waals surface area contributed by atoms with Crippen molar-refractivity contribution in [2.24, 2.45) is 11.8 Å². The maximum atomic E-state index is 11.3. The van der Waals surface area contributed by atoms with Gasteiger partial charge in [-0.25, -0.2) is 0 Å². The lowest BCUT2D eigenvalue weighted by molar-refractivity contribution is -0.139. The zero-order valence-corrected chi connectivity index (χ0v) is 17.6. The molecule has 1 N–H and O–H groups in total. The van der Waals surface area contributed by atoms with Gasteiger partial charge in [0.25, 0.3) is 0 Å². The van der Waals surface area contributed by atoms with Gasteiger partial charge in [0.2, 0.25) is 0 Å². The lowest BCUT2D eigenvalue weighted by Gasteiger charge is -2.16. The van der Waals surface area contributed by atoms with Gasteiger partial charge in [-0.15, -0.1) is 0 Å². The molecular weight excluding hydrogens is 372 g/mol. The highest BCUT2D eigenvalue weighted by atomic mass is 16.5. The van der Waals surface area contributed by atoms with Gasteiger partial charge in [-0.1, -0.05) is 42.5 Å². The summed E-state index contributed by atoms with van der Waals surface area (Å²) in [4.78, 5) is 11.3. The fourth-order valence-corrected chi connectivity index (χ4v) is 5.33. The summed E-state index contributed by atoms with van der Waals surface area (Å²) in [6.07, 6.45) is 0.856. The molecule has 0 bridgehead atoms. The van der Waals surface area contributed by atoms with Crippen molar-refractivity contribution in [3.63, 3.8) is 0 Å². The Balaban J connectivity index is 1.35. The van der Waals surface area contributed by atoms with Gasteiger partial charge in [0.1, 0.15) is 12.4 Å². The summed E-state index contributed by atoms with van der Waals surface area (Å²) in [6, 6.07) is 19.0. The molecule has 1 saturated carbocycles. The molecule has 0 aliphatic heterocycles. The Hall–Kier alpha value is -3.07. The van der Waals surface area contributed by atoms with Crippen molar-refractivity contribution in [1.82, 2.24) is 0 Å². The lowest BCUT2D eigenvalue weighted by Crippen LogP contribution is -2.05. The number of carboxylic acid groups (broad SMARTS) is 1. The molecule has 0 aromatic heterocycles. The van der Waals surface area contributed by atoms with E-state index >= 15 is 0 Å². The van der Waals surface area contributed by atoms with Crippen molar-refractivity contribution in [3.05, 3.63) is 88.0 Å². The van der Waals surface area contributed by atoms with E-state index in [-0.39, 0.29) is 17.8 Å². The van der Waals surface area contributed by atoms with Crippen molar-refractivity contribution >= 4 is 5.97 Å². The van der Waals surface area contributed by atoms with Gasteiger partial charge in [-0.2, -0.15) is 0 Å². The monoisotopic (exact) mass is 398 g/mol. The second kappa shape index (κ2) is 7.02. The summed E-state index contributed by atoms with van der Waals surface area (Å²) in [5.41, 5.74) is 10.0. The van der Waals surface area contributed by atoms with Crippen LogP contribution >= 0.6 is 0 Å². The fourth-order valence-electron chi connectivity index (χ4n) is 5.33. The SMILES string of the molecule is Cc1cccc(C)c1-c1cccc(COc2ccc3c(c2)CC2C(C(=O)O)C32)c1C. The van der Waals surface area contributed by atoms with E-state index in [1.807, 2.05) is 6.07 Å². The number of aliphatic carboxylic acids is 1. The van der Waals surface area contributed by atoms with Gasteiger partial charge in [0, 0.05) is 5.92 Å². The Labute approximate surface area is 177 Å². The smallest absolute Gasteiger partial charge is 0.307 e. The lowest BCUT2D eigenvalue weighted by atomic mass is 9.91. The Bertz CT molecular complexity index is 1140. The van der Waals surface area contributed by atoms with Crippen LogP contribution in [-0.2, 0) is 17.8 Å². The first-order valence-corrected chi connectivity index (χ1v) is 10.6. The van der Waals surface area contributed by atoms with Crippen LogP contribution in [-0.4, -0.2) is 11.1 Å². The molecular formula is C27H26O3. The van der Waals surface area contributed by atoms with Crippen LogP contribution in [0.5, 0.6) is 5.75 Å². The number of hydrogen-bond acceptors (Lipinski definition) is 2. The Morgan fingerprint density at radius 2 is 1.77 bits per heavy atom. The normalized spacial score (nSPS) is 21.1. The van der Waals surface area contributed by atoms with Crippen LogP contribution in [0.2, 0.25) is 0 Å². The first kappa shape index (κ1) is 18.9. The summed E-state index contributed by atoms with van der Waals surface area (Å²) in [6.45, 7) is 7.01. The maximum Gasteiger partial charge on any atom is 0.307 e. The van der Waals surface area contributed by atoms with Crippen LogP contribution in [0.4, 0.5) is 0 Å². The third-order valence-corrected chi connectivity index (χ3v) is 6.97. The predicted octanol–water partition coefficient (Wildman–Crippen LogP) is 5.83. The number of fused-ring (bicyclic) bond motifs is 3. The first-order chi connectivity index (χ1) is 14.5. The molecule has 2 aliphatic rings. The van der Waals surface area contributed by atoms with Crippen LogP contribution < -0.4 is 4.74 Å². The third-order valence-electron chi connectivity index (χ3n) is 6.97.